The minimum atomic E-state index is -0.734. The lowest BCUT2D eigenvalue weighted by Gasteiger charge is -2.15. The average Bonchev–Trinajstić information content (AvgIpc) is 2.99. The van der Waals surface area contributed by atoms with Gasteiger partial charge in [0.2, 0.25) is 5.75 Å². The van der Waals surface area contributed by atoms with Gasteiger partial charge in [0.1, 0.15) is 16.9 Å². The number of ether oxygens (including phenoxy) is 5. The molecule has 4 aromatic rings. The van der Waals surface area contributed by atoms with E-state index in [2.05, 4.69) is 4.99 Å². The Kier molecular flexibility index (Phi) is 9.35. The molecule has 12 heteroatoms. The molecule has 0 spiro atoms. The Morgan fingerprint density at radius 1 is 0.976 bits per heavy atom. The molecule has 0 atom stereocenters. The van der Waals surface area contributed by atoms with Crippen molar-refractivity contribution < 1.29 is 33.3 Å². The van der Waals surface area contributed by atoms with Crippen LogP contribution in [-0.4, -0.2) is 67.0 Å². The Bertz CT molecular complexity index is 1700. The number of amides is 1. The van der Waals surface area contributed by atoms with Crippen molar-refractivity contribution in [2.75, 3.05) is 41.2 Å². The van der Waals surface area contributed by atoms with E-state index >= 15 is 0 Å². The molecule has 1 aromatic carbocycles. The molecule has 0 radical (unpaired) electrons. The van der Waals surface area contributed by atoms with Gasteiger partial charge in [0.25, 0.3) is 11.5 Å². The lowest BCUT2D eigenvalue weighted by molar-refractivity contribution is 0.0523. The van der Waals surface area contributed by atoms with Crippen LogP contribution < -0.4 is 25.3 Å². The Balaban J connectivity index is 2.05. The number of esters is 1. The number of hydrogen-bond donors (Lipinski definition) is 0. The Morgan fingerprint density at radius 2 is 1.71 bits per heavy atom. The summed E-state index contributed by atoms with van der Waals surface area (Å²) in [6, 6.07) is 9.49. The predicted molar refractivity (Wildman–Crippen MR) is 150 cm³/mol. The first-order valence-corrected chi connectivity index (χ1v) is 13.1. The van der Waals surface area contributed by atoms with E-state index in [4.69, 9.17) is 28.7 Å². The molecular weight excluding hydrogens is 532 g/mol. The molecule has 12 nitrogen and oxygen atoms in total. The molecular formula is C29H32N4O8. The zero-order valence-electron chi connectivity index (χ0n) is 23.6. The van der Waals surface area contributed by atoms with Gasteiger partial charge < -0.3 is 28.3 Å². The molecule has 0 fully saturated rings. The summed E-state index contributed by atoms with van der Waals surface area (Å²) in [4.78, 5) is 49.4. The number of nitrogens with zero attached hydrogens (tertiary/aromatic N) is 4. The van der Waals surface area contributed by atoms with Crippen LogP contribution in [0, 0.1) is 0 Å². The van der Waals surface area contributed by atoms with Crippen LogP contribution in [0.1, 0.15) is 41.0 Å². The van der Waals surface area contributed by atoms with Gasteiger partial charge in [0, 0.05) is 31.5 Å². The van der Waals surface area contributed by atoms with Crippen LogP contribution in [-0.2, 0) is 16.0 Å². The number of pyridine rings is 2. The Morgan fingerprint density at radius 3 is 2.34 bits per heavy atom. The first-order valence-electron chi connectivity index (χ1n) is 13.1. The predicted octanol–water partition coefficient (Wildman–Crippen LogP) is 3.02. The maximum Gasteiger partial charge on any atom is 0.341 e. The number of benzene rings is 1. The molecule has 1 amide bonds. The summed E-state index contributed by atoms with van der Waals surface area (Å²) in [5.41, 5.74) is 0.361. The minimum Gasteiger partial charge on any atom is -0.493 e. The number of aromatic nitrogens is 3. The SMILES string of the molecule is CCOCCCn1c(=NC(=O)c2cc(OC)c(OC)c(OC)c2)c(C(=O)OCC)cc2c(=O)n3ccccc3nc21. The van der Waals surface area contributed by atoms with Crippen LogP contribution in [0.2, 0.25) is 0 Å². The maximum atomic E-state index is 13.6. The second-order valence-electron chi connectivity index (χ2n) is 8.72. The van der Waals surface area contributed by atoms with Crippen molar-refractivity contribution in [2.24, 2.45) is 4.99 Å². The number of rotatable bonds is 11. The standard InChI is InChI=1S/C29H32N4O8/c1-6-40-14-10-13-33-25-19(28(35)32-12-9-8-11-23(32)30-25)17-20(29(36)41-7-2)26(33)31-27(34)18-15-21(37-3)24(39-5)22(16-18)38-4/h8-9,11-12,15-17H,6-7,10,13-14H2,1-5H3. The number of methoxy groups -OCH3 is 3. The van der Waals surface area contributed by atoms with E-state index in [0.29, 0.717) is 31.0 Å². The number of carbonyl (C=O) groups excluding carboxylic acids is 2. The molecule has 4 rings (SSSR count). The maximum absolute atomic E-state index is 13.6. The summed E-state index contributed by atoms with van der Waals surface area (Å²) in [6.07, 6.45) is 2.09. The molecule has 0 saturated carbocycles. The summed E-state index contributed by atoms with van der Waals surface area (Å²) in [5.74, 6) is -0.584. The molecule has 216 valence electrons. The largest absolute Gasteiger partial charge is 0.493 e. The van der Waals surface area contributed by atoms with Crippen molar-refractivity contribution in [1.82, 2.24) is 14.0 Å². The van der Waals surface area contributed by atoms with Crippen molar-refractivity contribution >= 4 is 28.6 Å². The van der Waals surface area contributed by atoms with Gasteiger partial charge in [-0.25, -0.2) is 9.78 Å². The molecule has 0 saturated heterocycles. The zero-order valence-corrected chi connectivity index (χ0v) is 23.6. The third kappa shape index (κ3) is 5.92. The lowest BCUT2D eigenvalue weighted by atomic mass is 10.1. The van der Waals surface area contributed by atoms with Crippen molar-refractivity contribution in [3.8, 4) is 17.2 Å². The van der Waals surface area contributed by atoms with E-state index in [1.54, 1.807) is 35.9 Å². The van der Waals surface area contributed by atoms with Gasteiger partial charge in [-0.15, -0.1) is 0 Å². The van der Waals surface area contributed by atoms with Gasteiger partial charge in [-0.05, 0) is 50.6 Å². The van der Waals surface area contributed by atoms with Crippen molar-refractivity contribution in [3.05, 3.63) is 69.6 Å². The van der Waals surface area contributed by atoms with Gasteiger partial charge in [-0.3, -0.25) is 14.0 Å². The van der Waals surface area contributed by atoms with Gasteiger partial charge in [0.15, 0.2) is 17.0 Å². The summed E-state index contributed by atoms with van der Waals surface area (Å²) in [5, 5.41) is 0.173. The van der Waals surface area contributed by atoms with Crippen LogP contribution >= 0.6 is 0 Å². The van der Waals surface area contributed by atoms with Crippen LogP contribution in [0.4, 0.5) is 0 Å². The number of carbonyl (C=O) groups is 2. The van der Waals surface area contributed by atoms with E-state index in [-0.39, 0.29) is 57.9 Å². The molecule has 0 unspecified atom stereocenters. The second kappa shape index (κ2) is 13.1. The highest BCUT2D eigenvalue weighted by Crippen LogP contribution is 2.38. The highest BCUT2D eigenvalue weighted by Gasteiger charge is 2.22. The van der Waals surface area contributed by atoms with E-state index in [0.717, 1.165) is 0 Å². The van der Waals surface area contributed by atoms with Gasteiger partial charge in [-0.1, -0.05) is 6.07 Å². The third-order valence-corrected chi connectivity index (χ3v) is 6.28. The fourth-order valence-electron chi connectivity index (χ4n) is 4.40. The van der Waals surface area contributed by atoms with Crippen molar-refractivity contribution in [1.29, 1.82) is 0 Å². The van der Waals surface area contributed by atoms with Gasteiger partial charge >= 0.3 is 5.97 Å². The molecule has 41 heavy (non-hydrogen) atoms. The third-order valence-electron chi connectivity index (χ3n) is 6.28. The molecule has 0 aliphatic heterocycles. The van der Waals surface area contributed by atoms with Crippen molar-refractivity contribution in [2.45, 2.75) is 26.8 Å². The summed E-state index contributed by atoms with van der Waals surface area (Å²) in [6.45, 7) is 4.81. The number of fused-ring (bicyclic) bond motifs is 2. The Hall–Kier alpha value is -4.71. The summed E-state index contributed by atoms with van der Waals surface area (Å²) < 4.78 is 29.9. The highest BCUT2D eigenvalue weighted by atomic mass is 16.5. The zero-order chi connectivity index (χ0) is 29.5. The Labute approximate surface area is 235 Å². The van der Waals surface area contributed by atoms with E-state index in [1.807, 2.05) is 6.92 Å². The van der Waals surface area contributed by atoms with E-state index in [9.17, 15) is 14.4 Å². The average molecular weight is 565 g/mol. The van der Waals surface area contributed by atoms with Crippen LogP contribution in [0.25, 0.3) is 16.7 Å². The lowest BCUT2D eigenvalue weighted by Crippen LogP contribution is -2.33. The molecule has 0 aliphatic carbocycles. The van der Waals surface area contributed by atoms with E-state index in [1.165, 1.54) is 43.9 Å². The normalized spacial score (nSPS) is 11.6. The number of aryl methyl sites for hydroxylation is 1. The summed E-state index contributed by atoms with van der Waals surface area (Å²) in [7, 11) is 4.33. The summed E-state index contributed by atoms with van der Waals surface area (Å²) >= 11 is 0. The van der Waals surface area contributed by atoms with Crippen molar-refractivity contribution in [3.63, 3.8) is 0 Å². The monoisotopic (exact) mass is 564 g/mol. The highest BCUT2D eigenvalue weighted by molar-refractivity contribution is 5.98. The fraction of sp³-hybridized carbons (Fsp3) is 0.345. The minimum absolute atomic E-state index is 0.00150. The smallest absolute Gasteiger partial charge is 0.341 e. The quantitative estimate of drug-likeness (QED) is 0.153. The molecule has 0 N–H and O–H groups in total. The molecule has 0 bridgehead atoms. The van der Waals surface area contributed by atoms with Crippen LogP contribution in [0.5, 0.6) is 17.2 Å². The van der Waals surface area contributed by atoms with E-state index < -0.39 is 11.9 Å². The molecule has 3 heterocycles. The molecule has 0 aliphatic rings. The first-order chi connectivity index (χ1) is 19.9. The topological polar surface area (TPSA) is 132 Å². The van der Waals surface area contributed by atoms with Crippen LogP contribution in [0.3, 0.4) is 0 Å². The van der Waals surface area contributed by atoms with Crippen LogP contribution in [0.15, 0.2) is 52.4 Å². The van der Waals surface area contributed by atoms with Gasteiger partial charge in [0.05, 0.1) is 33.3 Å². The number of hydrogen-bond acceptors (Lipinski definition) is 9. The molecule has 3 aromatic heterocycles. The second-order valence-corrected chi connectivity index (χ2v) is 8.72. The fourth-order valence-corrected chi connectivity index (χ4v) is 4.40. The first kappa shape index (κ1) is 29.3. The van der Waals surface area contributed by atoms with Gasteiger partial charge in [-0.2, -0.15) is 4.99 Å².